The average molecular weight is 331 g/mol. The number of carbonyl (C=O) groups excluding carboxylic acids is 2. The maximum absolute atomic E-state index is 12.2. The molecule has 2 N–H and O–H groups in total. The second kappa shape index (κ2) is 7.87. The lowest BCUT2D eigenvalue weighted by Crippen LogP contribution is -2.36. The Morgan fingerprint density at radius 2 is 1.83 bits per heavy atom. The summed E-state index contributed by atoms with van der Waals surface area (Å²) in [5.74, 6) is -0.457. The van der Waals surface area contributed by atoms with Gasteiger partial charge in [0.2, 0.25) is 5.91 Å². The number of hydrogen-bond donors (Lipinski definition) is 2. The first-order valence-electron chi connectivity index (χ1n) is 7.66. The van der Waals surface area contributed by atoms with E-state index in [4.69, 9.17) is 0 Å². The highest BCUT2D eigenvalue weighted by atomic mass is 32.1. The lowest BCUT2D eigenvalue weighted by Gasteiger charge is -2.03. The molecule has 2 rings (SSSR count). The Morgan fingerprint density at radius 3 is 2.43 bits per heavy atom. The summed E-state index contributed by atoms with van der Waals surface area (Å²) >= 11 is 1.34. The van der Waals surface area contributed by atoms with Crippen LogP contribution < -0.4 is 10.6 Å². The van der Waals surface area contributed by atoms with Crippen LogP contribution in [0.5, 0.6) is 0 Å². The third-order valence-corrected chi connectivity index (χ3v) is 4.60. The van der Waals surface area contributed by atoms with E-state index in [9.17, 15) is 9.59 Å². The number of nitrogens with zero attached hydrogens (tertiary/aromatic N) is 1. The van der Waals surface area contributed by atoms with Gasteiger partial charge in [0.25, 0.3) is 5.91 Å². The molecule has 0 spiro atoms. The Hall–Kier alpha value is -2.21. The maximum atomic E-state index is 12.2. The van der Waals surface area contributed by atoms with Crippen molar-refractivity contribution in [3.05, 3.63) is 40.4 Å². The number of carbonyl (C=O) groups is 2. The number of rotatable bonds is 6. The van der Waals surface area contributed by atoms with Crippen molar-refractivity contribution in [3.63, 3.8) is 0 Å². The molecule has 1 aromatic heterocycles. The first-order valence-corrected chi connectivity index (χ1v) is 8.48. The smallest absolute Gasteiger partial charge is 0.263 e. The van der Waals surface area contributed by atoms with Crippen LogP contribution in [0.2, 0.25) is 0 Å². The molecule has 0 saturated carbocycles. The zero-order valence-electron chi connectivity index (χ0n) is 13.6. The van der Waals surface area contributed by atoms with Crippen LogP contribution in [0.15, 0.2) is 24.3 Å². The highest BCUT2D eigenvalue weighted by molar-refractivity contribution is 7.17. The van der Waals surface area contributed by atoms with Crippen LogP contribution in [-0.4, -0.2) is 29.9 Å². The predicted octanol–water partition coefficient (Wildman–Crippen LogP) is 2.55. The normalized spacial score (nSPS) is 10.4. The molecule has 0 bridgehead atoms. The largest absolute Gasteiger partial charge is 0.355 e. The van der Waals surface area contributed by atoms with Crippen LogP contribution in [0.25, 0.3) is 10.6 Å². The van der Waals surface area contributed by atoms with E-state index in [1.54, 1.807) is 6.92 Å². The van der Waals surface area contributed by atoms with Gasteiger partial charge in [-0.2, -0.15) is 0 Å². The summed E-state index contributed by atoms with van der Waals surface area (Å²) in [5, 5.41) is 6.08. The van der Waals surface area contributed by atoms with Gasteiger partial charge in [-0.1, -0.05) is 31.2 Å². The zero-order valence-corrected chi connectivity index (χ0v) is 14.4. The minimum absolute atomic E-state index is 0.0233. The fourth-order valence-electron chi connectivity index (χ4n) is 2.11. The number of likely N-dealkylation sites (N-methyl/N-ethyl adjacent to an activating group) is 1. The molecule has 2 aromatic rings. The molecule has 5 nitrogen and oxygen atoms in total. The lowest BCUT2D eigenvalue weighted by atomic mass is 10.1. The van der Waals surface area contributed by atoms with Crippen LogP contribution >= 0.6 is 11.3 Å². The molecule has 0 aliphatic carbocycles. The van der Waals surface area contributed by atoms with Gasteiger partial charge in [0.15, 0.2) is 0 Å². The Morgan fingerprint density at radius 1 is 1.13 bits per heavy atom. The third-order valence-electron chi connectivity index (χ3n) is 3.40. The third kappa shape index (κ3) is 4.39. The van der Waals surface area contributed by atoms with E-state index in [2.05, 4.69) is 34.7 Å². The molecule has 0 unspecified atom stereocenters. The molecular weight excluding hydrogens is 310 g/mol. The van der Waals surface area contributed by atoms with Gasteiger partial charge in [-0.05, 0) is 25.8 Å². The quantitative estimate of drug-likeness (QED) is 0.854. The van der Waals surface area contributed by atoms with Crippen molar-refractivity contribution in [2.75, 3.05) is 13.1 Å². The van der Waals surface area contributed by atoms with Gasteiger partial charge in [-0.15, -0.1) is 11.3 Å². The summed E-state index contributed by atoms with van der Waals surface area (Å²) in [6.07, 6.45) is 0.991. The van der Waals surface area contributed by atoms with Crippen LogP contribution in [0.3, 0.4) is 0 Å². The van der Waals surface area contributed by atoms with Gasteiger partial charge < -0.3 is 10.6 Å². The molecule has 6 heteroatoms. The van der Waals surface area contributed by atoms with Crippen molar-refractivity contribution >= 4 is 23.2 Å². The molecule has 1 aromatic carbocycles. The Kier molecular flexibility index (Phi) is 5.87. The summed E-state index contributed by atoms with van der Waals surface area (Å²) in [6.45, 7) is 6.28. The molecule has 0 aliphatic rings. The number of amides is 2. The number of aromatic nitrogens is 1. The molecule has 2 amide bonds. The highest BCUT2D eigenvalue weighted by Crippen LogP contribution is 2.28. The van der Waals surface area contributed by atoms with E-state index in [1.807, 2.05) is 19.1 Å². The van der Waals surface area contributed by atoms with E-state index in [1.165, 1.54) is 16.9 Å². The lowest BCUT2D eigenvalue weighted by molar-refractivity contribution is -0.120. The Balaban J connectivity index is 2.10. The Bertz CT molecular complexity index is 692. The predicted molar refractivity (Wildman–Crippen MR) is 92.7 cm³/mol. The van der Waals surface area contributed by atoms with Gasteiger partial charge in [0.05, 0.1) is 12.2 Å². The standard InChI is InChI=1S/C17H21N3O2S/c1-4-12-6-8-13(9-7-12)17-20-11(3)15(23-17)16(22)19-10-14(21)18-5-2/h6-9H,4-5,10H2,1-3H3,(H,18,21)(H,19,22). The van der Waals surface area contributed by atoms with E-state index in [-0.39, 0.29) is 18.4 Å². The molecule has 0 radical (unpaired) electrons. The van der Waals surface area contributed by atoms with Crippen molar-refractivity contribution in [1.82, 2.24) is 15.6 Å². The number of nitrogens with one attached hydrogen (secondary N) is 2. The van der Waals surface area contributed by atoms with Crippen molar-refractivity contribution in [2.45, 2.75) is 27.2 Å². The van der Waals surface area contributed by atoms with Crippen molar-refractivity contribution in [3.8, 4) is 10.6 Å². The van der Waals surface area contributed by atoms with Crippen LogP contribution in [0, 0.1) is 6.92 Å². The topological polar surface area (TPSA) is 71.1 Å². The van der Waals surface area contributed by atoms with Crippen molar-refractivity contribution in [1.29, 1.82) is 0 Å². The minimum Gasteiger partial charge on any atom is -0.355 e. The van der Waals surface area contributed by atoms with Crippen molar-refractivity contribution < 1.29 is 9.59 Å². The van der Waals surface area contributed by atoms with Gasteiger partial charge in [0.1, 0.15) is 9.88 Å². The molecule has 0 fully saturated rings. The van der Waals surface area contributed by atoms with Gasteiger partial charge in [-0.25, -0.2) is 4.98 Å². The van der Waals surface area contributed by atoms with E-state index in [0.29, 0.717) is 17.1 Å². The van der Waals surface area contributed by atoms with E-state index in [0.717, 1.165) is 17.0 Å². The van der Waals surface area contributed by atoms with Gasteiger partial charge >= 0.3 is 0 Å². The zero-order chi connectivity index (χ0) is 16.8. The number of thiazole rings is 1. The summed E-state index contributed by atoms with van der Waals surface area (Å²) in [7, 11) is 0. The SMILES string of the molecule is CCNC(=O)CNC(=O)c1sc(-c2ccc(CC)cc2)nc1C. The summed E-state index contributed by atoms with van der Waals surface area (Å²) in [6, 6.07) is 8.18. The van der Waals surface area contributed by atoms with Crippen molar-refractivity contribution in [2.24, 2.45) is 0 Å². The first-order chi connectivity index (χ1) is 11.0. The van der Waals surface area contributed by atoms with Gasteiger partial charge in [0, 0.05) is 12.1 Å². The second-order valence-corrected chi connectivity index (χ2v) is 6.12. The fourth-order valence-corrected chi connectivity index (χ4v) is 3.10. The average Bonchev–Trinajstić information content (AvgIpc) is 2.95. The van der Waals surface area contributed by atoms with E-state index >= 15 is 0 Å². The monoisotopic (exact) mass is 331 g/mol. The van der Waals surface area contributed by atoms with Crippen LogP contribution in [0.1, 0.15) is 34.8 Å². The summed E-state index contributed by atoms with van der Waals surface area (Å²) in [4.78, 5) is 28.6. The molecule has 122 valence electrons. The number of benzene rings is 1. The fraction of sp³-hybridized carbons (Fsp3) is 0.353. The van der Waals surface area contributed by atoms with Crippen LogP contribution in [-0.2, 0) is 11.2 Å². The number of hydrogen-bond acceptors (Lipinski definition) is 4. The van der Waals surface area contributed by atoms with Crippen LogP contribution in [0.4, 0.5) is 0 Å². The first kappa shape index (κ1) is 17.1. The molecular formula is C17H21N3O2S. The Labute approximate surface area is 140 Å². The summed E-state index contributed by atoms with van der Waals surface area (Å²) in [5.41, 5.74) is 2.94. The molecule has 0 saturated heterocycles. The number of aryl methyl sites for hydroxylation is 2. The highest BCUT2D eigenvalue weighted by Gasteiger charge is 2.16. The van der Waals surface area contributed by atoms with E-state index < -0.39 is 0 Å². The molecule has 1 heterocycles. The second-order valence-electron chi connectivity index (χ2n) is 5.12. The maximum Gasteiger partial charge on any atom is 0.263 e. The molecule has 0 atom stereocenters. The molecule has 23 heavy (non-hydrogen) atoms. The van der Waals surface area contributed by atoms with Gasteiger partial charge in [-0.3, -0.25) is 9.59 Å². The molecule has 0 aliphatic heterocycles. The minimum atomic E-state index is -0.261. The summed E-state index contributed by atoms with van der Waals surface area (Å²) < 4.78 is 0.